The van der Waals surface area contributed by atoms with Crippen molar-refractivity contribution in [3.05, 3.63) is 53.2 Å². The molecule has 0 saturated heterocycles. The number of ether oxygens (including phenoxy) is 1. The second-order valence-corrected chi connectivity index (χ2v) is 4.52. The molecule has 1 heterocycles. The lowest BCUT2D eigenvalue weighted by atomic mass is 10.0. The van der Waals surface area contributed by atoms with Crippen LogP contribution in [0.5, 0.6) is 0 Å². The number of carbonyl (C=O) groups excluding carboxylic acids is 1. The van der Waals surface area contributed by atoms with Gasteiger partial charge in [-0.1, -0.05) is 24.3 Å². The molecule has 0 aliphatic heterocycles. The van der Waals surface area contributed by atoms with Gasteiger partial charge < -0.3 is 10.1 Å². The third kappa shape index (κ3) is 3.12. The lowest BCUT2D eigenvalue weighted by Crippen LogP contribution is -2.11. The molecule has 0 unspecified atom stereocenters. The summed E-state index contributed by atoms with van der Waals surface area (Å²) in [6.07, 6.45) is 0. The van der Waals surface area contributed by atoms with Crippen molar-refractivity contribution in [1.29, 1.82) is 0 Å². The minimum Gasteiger partial charge on any atom is -0.464 e. The maximum Gasteiger partial charge on any atom is 0.358 e. The Labute approximate surface area is 118 Å². The van der Waals surface area contributed by atoms with Crippen LogP contribution in [0.15, 0.2) is 36.4 Å². The molecule has 1 atom stereocenters. The zero-order valence-electron chi connectivity index (χ0n) is 11.8. The summed E-state index contributed by atoms with van der Waals surface area (Å²) in [6, 6.07) is 11.6. The third-order valence-corrected chi connectivity index (χ3v) is 3.08. The summed E-state index contributed by atoms with van der Waals surface area (Å²) in [4.78, 5) is 11.3. The standard InChI is InChI=1S/C15H17N3O2/c1-10-6-4-5-7-12(10)11(2)16-14-9-8-13(17-18-14)15(19)20-3/h4-9,11H,1-3H3,(H,16,18)/t11-/m1/s1. The van der Waals surface area contributed by atoms with E-state index in [-0.39, 0.29) is 11.7 Å². The average molecular weight is 271 g/mol. The maximum atomic E-state index is 11.3. The van der Waals surface area contributed by atoms with Crippen LogP contribution < -0.4 is 5.32 Å². The van der Waals surface area contributed by atoms with Crippen LogP contribution in [-0.2, 0) is 4.74 Å². The molecule has 0 fully saturated rings. The van der Waals surface area contributed by atoms with Crippen molar-refractivity contribution < 1.29 is 9.53 Å². The van der Waals surface area contributed by atoms with Crippen molar-refractivity contribution in [2.75, 3.05) is 12.4 Å². The zero-order chi connectivity index (χ0) is 14.5. The lowest BCUT2D eigenvalue weighted by Gasteiger charge is -2.16. The Morgan fingerprint density at radius 3 is 2.55 bits per heavy atom. The number of anilines is 1. The number of hydrogen-bond donors (Lipinski definition) is 1. The Morgan fingerprint density at radius 1 is 1.20 bits per heavy atom. The molecular formula is C15H17N3O2. The van der Waals surface area contributed by atoms with Crippen molar-refractivity contribution >= 4 is 11.8 Å². The molecule has 2 aromatic rings. The topological polar surface area (TPSA) is 64.1 Å². The molecule has 20 heavy (non-hydrogen) atoms. The fourth-order valence-corrected chi connectivity index (χ4v) is 1.99. The summed E-state index contributed by atoms with van der Waals surface area (Å²) in [5.74, 6) is 0.129. The van der Waals surface area contributed by atoms with Crippen LogP contribution in [0.3, 0.4) is 0 Å². The van der Waals surface area contributed by atoms with E-state index in [1.54, 1.807) is 12.1 Å². The molecule has 104 valence electrons. The number of aromatic nitrogens is 2. The van der Waals surface area contributed by atoms with Gasteiger partial charge in [0.15, 0.2) is 5.69 Å². The van der Waals surface area contributed by atoms with Gasteiger partial charge in [0.05, 0.1) is 13.2 Å². The second-order valence-electron chi connectivity index (χ2n) is 4.52. The maximum absolute atomic E-state index is 11.3. The van der Waals surface area contributed by atoms with Gasteiger partial charge in [-0.05, 0) is 37.1 Å². The quantitative estimate of drug-likeness (QED) is 0.866. The van der Waals surface area contributed by atoms with Crippen LogP contribution >= 0.6 is 0 Å². The normalized spacial score (nSPS) is 11.8. The first-order valence-electron chi connectivity index (χ1n) is 6.36. The van der Waals surface area contributed by atoms with Gasteiger partial charge in [-0.15, -0.1) is 10.2 Å². The molecule has 2 rings (SSSR count). The van der Waals surface area contributed by atoms with Gasteiger partial charge in [-0.2, -0.15) is 0 Å². The smallest absolute Gasteiger partial charge is 0.358 e. The number of hydrogen-bond acceptors (Lipinski definition) is 5. The van der Waals surface area contributed by atoms with E-state index in [0.717, 1.165) is 0 Å². The predicted molar refractivity (Wildman–Crippen MR) is 76.6 cm³/mol. The molecule has 0 amide bonds. The lowest BCUT2D eigenvalue weighted by molar-refractivity contribution is 0.0593. The van der Waals surface area contributed by atoms with Crippen LogP contribution in [0.2, 0.25) is 0 Å². The van der Waals surface area contributed by atoms with Crippen molar-refractivity contribution in [3.63, 3.8) is 0 Å². The van der Waals surface area contributed by atoms with Gasteiger partial charge in [0, 0.05) is 0 Å². The average Bonchev–Trinajstić information content (AvgIpc) is 2.47. The summed E-state index contributed by atoms with van der Waals surface area (Å²) < 4.78 is 4.58. The van der Waals surface area contributed by atoms with E-state index in [1.807, 2.05) is 12.1 Å². The van der Waals surface area contributed by atoms with Gasteiger partial charge in [-0.3, -0.25) is 0 Å². The summed E-state index contributed by atoms with van der Waals surface area (Å²) in [5.41, 5.74) is 2.61. The highest BCUT2D eigenvalue weighted by molar-refractivity contribution is 5.86. The fourth-order valence-electron chi connectivity index (χ4n) is 1.99. The molecule has 0 bridgehead atoms. The number of benzene rings is 1. The summed E-state index contributed by atoms with van der Waals surface area (Å²) >= 11 is 0. The highest BCUT2D eigenvalue weighted by Gasteiger charge is 2.11. The number of rotatable bonds is 4. The number of carbonyl (C=O) groups is 1. The van der Waals surface area contributed by atoms with Crippen molar-refractivity contribution in [2.24, 2.45) is 0 Å². The minimum atomic E-state index is -0.490. The first kappa shape index (κ1) is 14.0. The SMILES string of the molecule is COC(=O)c1ccc(N[C@H](C)c2ccccc2C)nn1. The van der Waals surface area contributed by atoms with E-state index in [1.165, 1.54) is 18.2 Å². The molecule has 1 aromatic heterocycles. The van der Waals surface area contributed by atoms with Gasteiger partial charge >= 0.3 is 5.97 Å². The van der Waals surface area contributed by atoms with Gasteiger partial charge in [-0.25, -0.2) is 4.79 Å². The molecule has 0 spiro atoms. The minimum absolute atomic E-state index is 0.106. The van der Waals surface area contributed by atoms with Crippen LogP contribution in [-0.4, -0.2) is 23.3 Å². The molecule has 5 nitrogen and oxygen atoms in total. The number of aryl methyl sites for hydroxylation is 1. The van der Waals surface area contributed by atoms with Crippen LogP contribution in [0, 0.1) is 6.92 Å². The Balaban J connectivity index is 2.10. The summed E-state index contributed by atoms with van der Waals surface area (Å²) in [6.45, 7) is 4.12. The Hall–Kier alpha value is -2.43. The van der Waals surface area contributed by atoms with E-state index in [2.05, 4.69) is 46.2 Å². The number of nitrogens with zero attached hydrogens (tertiary/aromatic N) is 2. The largest absolute Gasteiger partial charge is 0.464 e. The molecule has 0 radical (unpaired) electrons. The van der Waals surface area contributed by atoms with E-state index < -0.39 is 5.97 Å². The second kappa shape index (κ2) is 6.14. The Kier molecular flexibility index (Phi) is 4.30. The third-order valence-electron chi connectivity index (χ3n) is 3.08. The molecule has 0 aliphatic carbocycles. The highest BCUT2D eigenvalue weighted by Crippen LogP contribution is 2.20. The van der Waals surface area contributed by atoms with E-state index in [9.17, 15) is 4.79 Å². The van der Waals surface area contributed by atoms with Crippen LogP contribution in [0.4, 0.5) is 5.82 Å². The Morgan fingerprint density at radius 2 is 1.95 bits per heavy atom. The fraction of sp³-hybridized carbons (Fsp3) is 0.267. The van der Waals surface area contributed by atoms with Gasteiger partial charge in [0.2, 0.25) is 0 Å². The number of nitrogens with one attached hydrogen (secondary N) is 1. The van der Waals surface area contributed by atoms with Crippen LogP contribution in [0.25, 0.3) is 0 Å². The zero-order valence-corrected chi connectivity index (χ0v) is 11.8. The Bertz CT molecular complexity index is 596. The molecule has 1 N–H and O–H groups in total. The molecule has 5 heteroatoms. The molecule has 0 saturated carbocycles. The van der Waals surface area contributed by atoms with Crippen molar-refractivity contribution in [3.8, 4) is 0 Å². The van der Waals surface area contributed by atoms with Gasteiger partial charge in [0.1, 0.15) is 5.82 Å². The van der Waals surface area contributed by atoms with E-state index >= 15 is 0 Å². The molecule has 1 aromatic carbocycles. The van der Waals surface area contributed by atoms with E-state index in [0.29, 0.717) is 5.82 Å². The molecule has 0 aliphatic rings. The van der Waals surface area contributed by atoms with Crippen molar-refractivity contribution in [1.82, 2.24) is 10.2 Å². The van der Waals surface area contributed by atoms with Gasteiger partial charge in [0.25, 0.3) is 0 Å². The highest BCUT2D eigenvalue weighted by atomic mass is 16.5. The number of methoxy groups -OCH3 is 1. The monoisotopic (exact) mass is 271 g/mol. The summed E-state index contributed by atoms with van der Waals surface area (Å²) in [7, 11) is 1.32. The summed E-state index contributed by atoms with van der Waals surface area (Å²) in [5, 5.41) is 11.1. The number of esters is 1. The van der Waals surface area contributed by atoms with Crippen LogP contribution in [0.1, 0.15) is 34.6 Å². The first-order valence-corrected chi connectivity index (χ1v) is 6.36. The first-order chi connectivity index (χ1) is 9.61. The van der Waals surface area contributed by atoms with Crippen molar-refractivity contribution in [2.45, 2.75) is 19.9 Å². The molecular weight excluding hydrogens is 254 g/mol. The predicted octanol–water partition coefficient (Wildman–Crippen LogP) is 2.74. The van der Waals surface area contributed by atoms with E-state index in [4.69, 9.17) is 0 Å².